The molecule has 0 saturated carbocycles. The highest BCUT2D eigenvalue weighted by atomic mass is 32.2. The van der Waals surface area contributed by atoms with E-state index in [1.165, 1.54) is 18.2 Å². The van der Waals surface area contributed by atoms with Crippen LogP contribution in [-0.2, 0) is 10.0 Å². The molecule has 104 valence electrons. The Morgan fingerprint density at radius 1 is 1.47 bits per heavy atom. The van der Waals surface area contributed by atoms with E-state index in [1.807, 2.05) is 13.0 Å². The molecule has 1 atom stereocenters. The first kappa shape index (κ1) is 15.6. The number of nitrogens with zero attached hydrogens (tertiary/aromatic N) is 1. The van der Waals surface area contributed by atoms with Crippen LogP contribution in [0, 0.1) is 18.3 Å². The standard InChI is InChI=1S/C13H18N2O3S/c1-3-12(16)6-7-15-19(17,18)13-5-4-11(9-14)10(2)8-13/h4-5,8,12,15-16H,3,6-7H2,1-2H3. The van der Waals surface area contributed by atoms with Crippen molar-refractivity contribution >= 4 is 10.0 Å². The van der Waals surface area contributed by atoms with Gasteiger partial charge in [0.15, 0.2) is 0 Å². The third kappa shape index (κ3) is 4.31. The molecule has 0 heterocycles. The van der Waals surface area contributed by atoms with E-state index in [2.05, 4.69) is 4.72 Å². The van der Waals surface area contributed by atoms with E-state index in [-0.39, 0.29) is 11.4 Å². The summed E-state index contributed by atoms with van der Waals surface area (Å²) in [6.07, 6.45) is 0.480. The molecular weight excluding hydrogens is 264 g/mol. The quantitative estimate of drug-likeness (QED) is 0.823. The highest BCUT2D eigenvalue weighted by molar-refractivity contribution is 7.89. The predicted octanol–water partition coefficient (Wildman–Crippen LogP) is 1.31. The summed E-state index contributed by atoms with van der Waals surface area (Å²) in [6, 6.07) is 6.36. The summed E-state index contributed by atoms with van der Waals surface area (Å²) in [4.78, 5) is 0.134. The molecular formula is C13H18N2O3S. The molecule has 0 amide bonds. The number of nitriles is 1. The van der Waals surface area contributed by atoms with Crippen molar-refractivity contribution in [3.05, 3.63) is 29.3 Å². The maximum absolute atomic E-state index is 12.0. The van der Waals surface area contributed by atoms with Crippen LogP contribution in [0.15, 0.2) is 23.1 Å². The second kappa shape index (κ2) is 6.66. The largest absolute Gasteiger partial charge is 0.393 e. The van der Waals surface area contributed by atoms with Crippen molar-refractivity contribution in [1.82, 2.24) is 4.72 Å². The van der Waals surface area contributed by atoms with Gasteiger partial charge in [0, 0.05) is 6.54 Å². The van der Waals surface area contributed by atoms with Crippen molar-refractivity contribution in [2.75, 3.05) is 6.54 Å². The Morgan fingerprint density at radius 2 is 2.16 bits per heavy atom. The maximum Gasteiger partial charge on any atom is 0.240 e. The molecule has 1 rings (SSSR count). The zero-order chi connectivity index (χ0) is 14.5. The summed E-state index contributed by atoms with van der Waals surface area (Å²) in [6.45, 7) is 3.72. The Kier molecular flexibility index (Phi) is 5.48. The SMILES string of the molecule is CCC(O)CCNS(=O)(=O)c1ccc(C#N)c(C)c1. The van der Waals surface area contributed by atoms with Gasteiger partial charge in [-0.05, 0) is 43.5 Å². The van der Waals surface area contributed by atoms with E-state index in [4.69, 9.17) is 5.26 Å². The fraction of sp³-hybridized carbons (Fsp3) is 0.462. The van der Waals surface area contributed by atoms with Gasteiger partial charge in [0.2, 0.25) is 10.0 Å². The lowest BCUT2D eigenvalue weighted by atomic mass is 10.1. The minimum Gasteiger partial charge on any atom is -0.393 e. The van der Waals surface area contributed by atoms with Crippen LogP contribution in [0.4, 0.5) is 0 Å². The zero-order valence-corrected chi connectivity index (χ0v) is 11.9. The highest BCUT2D eigenvalue weighted by Gasteiger charge is 2.15. The molecule has 0 aromatic heterocycles. The summed E-state index contributed by atoms with van der Waals surface area (Å²) < 4.78 is 26.4. The molecule has 1 unspecified atom stereocenters. The number of aryl methyl sites for hydroxylation is 1. The third-order valence-electron chi connectivity index (χ3n) is 2.87. The number of benzene rings is 1. The van der Waals surface area contributed by atoms with Gasteiger partial charge in [0.1, 0.15) is 0 Å². The Morgan fingerprint density at radius 3 is 2.68 bits per heavy atom. The summed E-state index contributed by atoms with van der Waals surface area (Å²) in [5, 5.41) is 18.2. The summed E-state index contributed by atoms with van der Waals surface area (Å²) in [7, 11) is -3.58. The van der Waals surface area contributed by atoms with Gasteiger partial charge in [0.25, 0.3) is 0 Å². The van der Waals surface area contributed by atoms with Gasteiger partial charge in [-0.25, -0.2) is 13.1 Å². The molecule has 1 aromatic rings. The van der Waals surface area contributed by atoms with Crippen LogP contribution in [0.2, 0.25) is 0 Å². The zero-order valence-electron chi connectivity index (χ0n) is 11.0. The minimum absolute atomic E-state index is 0.134. The normalized spacial score (nSPS) is 12.9. The predicted molar refractivity (Wildman–Crippen MR) is 72.0 cm³/mol. The van der Waals surface area contributed by atoms with Gasteiger partial charge in [-0.3, -0.25) is 0 Å². The Bertz CT molecular complexity index is 576. The smallest absolute Gasteiger partial charge is 0.240 e. The fourth-order valence-electron chi connectivity index (χ4n) is 1.58. The van der Waals surface area contributed by atoms with E-state index >= 15 is 0 Å². The van der Waals surface area contributed by atoms with Gasteiger partial charge in [0.05, 0.1) is 22.6 Å². The van der Waals surface area contributed by atoms with Crippen LogP contribution in [0.1, 0.15) is 30.9 Å². The molecule has 0 saturated heterocycles. The van der Waals surface area contributed by atoms with Crippen molar-refractivity contribution in [1.29, 1.82) is 5.26 Å². The number of nitrogens with one attached hydrogen (secondary N) is 1. The monoisotopic (exact) mass is 282 g/mol. The minimum atomic E-state index is -3.58. The molecule has 0 radical (unpaired) electrons. The number of aliphatic hydroxyl groups excluding tert-OH is 1. The van der Waals surface area contributed by atoms with E-state index in [9.17, 15) is 13.5 Å². The van der Waals surface area contributed by atoms with Crippen molar-refractivity contribution in [3.8, 4) is 6.07 Å². The number of sulfonamides is 1. The fourth-order valence-corrected chi connectivity index (χ4v) is 2.71. The first-order valence-electron chi connectivity index (χ1n) is 6.09. The lowest BCUT2D eigenvalue weighted by molar-refractivity contribution is 0.162. The van der Waals surface area contributed by atoms with E-state index in [0.29, 0.717) is 24.0 Å². The molecule has 5 nitrogen and oxygen atoms in total. The average Bonchev–Trinajstić information content (AvgIpc) is 2.38. The molecule has 19 heavy (non-hydrogen) atoms. The van der Waals surface area contributed by atoms with Crippen LogP contribution in [-0.4, -0.2) is 26.2 Å². The molecule has 0 spiro atoms. The van der Waals surface area contributed by atoms with E-state index in [1.54, 1.807) is 6.92 Å². The molecule has 0 fully saturated rings. The number of aliphatic hydroxyl groups is 1. The van der Waals surface area contributed by atoms with Gasteiger partial charge in [-0.1, -0.05) is 6.92 Å². The van der Waals surface area contributed by atoms with E-state index in [0.717, 1.165) is 0 Å². The lowest BCUT2D eigenvalue weighted by Gasteiger charge is -2.10. The Labute approximate surface area is 113 Å². The Hall–Kier alpha value is -1.42. The number of hydrogen-bond acceptors (Lipinski definition) is 4. The first-order valence-corrected chi connectivity index (χ1v) is 7.57. The molecule has 0 aliphatic carbocycles. The van der Waals surface area contributed by atoms with Crippen molar-refractivity contribution < 1.29 is 13.5 Å². The van der Waals surface area contributed by atoms with Crippen LogP contribution in [0.3, 0.4) is 0 Å². The van der Waals surface area contributed by atoms with Gasteiger partial charge in [-0.2, -0.15) is 5.26 Å². The summed E-state index contributed by atoms with van der Waals surface area (Å²) >= 11 is 0. The van der Waals surface area contributed by atoms with Crippen LogP contribution in [0.5, 0.6) is 0 Å². The van der Waals surface area contributed by atoms with Crippen LogP contribution in [0.25, 0.3) is 0 Å². The topological polar surface area (TPSA) is 90.2 Å². The highest BCUT2D eigenvalue weighted by Crippen LogP contribution is 2.14. The average molecular weight is 282 g/mol. The number of hydrogen-bond donors (Lipinski definition) is 2. The number of rotatable bonds is 6. The Balaban J connectivity index is 2.78. The molecule has 0 aliphatic heterocycles. The van der Waals surface area contributed by atoms with Crippen LogP contribution >= 0.6 is 0 Å². The van der Waals surface area contributed by atoms with Gasteiger partial charge < -0.3 is 5.11 Å². The molecule has 2 N–H and O–H groups in total. The summed E-state index contributed by atoms with van der Waals surface area (Å²) in [5.41, 5.74) is 1.08. The molecule has 6 heteroatoms. The van der Waals surface area contributed by atoms with Gasteiger partial charge >= 0.3 is 0 Å². The summed E-state index contributed by atoms with van der Waals surface area (Å²) in [5.74, 6) is 0. The van der Waals surface area contributed by atoms with Crippen molar-refractivity contribution in [2.24, 2.45) is 0 Å². The first-order chi connectivity index (χ1) is 8.90. The lowest BCUT2D eigenvalue weighted by Crippen LogP contribution is -2.27. The second-order valence-electron chi connectivity index (χ2n) is 4.34. The van der Waals surface area contributed by atoms with Crippen LogP contribution < -0.4 is 4.72 Å². The van der Waals surface area contributed by atoms with E-state index < -0.39 is 16.1 Å². The van der Waals surface area contributed by atoms with Crippen molar-refractivity contribution in [3.63, 3.8) is 0 Å². The third-order valence-corrected chi connectivity index (χ3v) is 4.33. The molecule has 1 aromatic carbocycles. The van der Waals surface area contributed by atoms with Gasteiger partial charge in [-0.15, -0.1) is 0 Å². The maximum atomic E-state index is 12.0. The second-order valence-corrected chi connectivity index (χ2v) is 6.10. The van der Waals surface area contributed by atoms with Crippen molar-refractivity contribution in [2.45, 2.75) is 37.7 Å². The molecule has 0 bridgehead atoms. The molecule has 0 aliphatic rings.